The average Bonchev–Trinajstić information content (AvgIpc) is 3.02. The minimum atomic E-state index is -1.55. The molecule has 1 saturated heterocycles. The third-order valence-electron chi connectivity index (χ3n) is 6.78. The normalized spacial score (nSPS) is 20.0. The lowest BCUT2D eigenvalue weighted by molar-refractivity contribution is -0.288. The smallest absolute Gasteiger partial charge is 0.383 e. The van der Waals surface area contributed by atoms with E-state index in [0.29, 0.717) is 11.3 Å². The largest absolute Gasteiger partial charge is 0.497 e. The maximum atomic E-state index is 13.0. The van der Waals surface area contributed by atoms with Gasteiger partial charge in [0.25, 0.3) is 5.75 Å². The first kappa shape index (κ1) is 36.2. The number of fused-ring (bicyclic) bond motifs is 1. The Labute approximate surface area is 279 Å². The summed E-state index contributed by atoms with van der Waals surface area (Å²) in [4.78, 5) is 72.8. The second-order valence-corrected chi connectivity index (χ2v) is 10.6. The van der Waals surface area contributed by atoms with Crippen molar-refractivity contribution >= 4 is 40.8 Å². The molecule has 0 bridgehead atoms. The fourth-order valence-corrected chi connectivity index (χ4v) is 4.88. The van der Waals surface area contributed by atoms with Crippen molar-refractivity contribution < 1.29 is 71.0 Å². The van der Waals surface area contributed by atoms with Crippen LogP contribution in [0.4, 0.5) is 0 Å². The third-order valence-corrected chi connectivity index (χ3v) is 6.78. The number of rotatable bonds is 12. The molecule has 0 saturated carbocycles. The molecule has 1 aliphatic rings. The molecule has 49 heavy (non-hydrogen) atoms. The summed E-state index contributed by atoms with van der Waals surface area (Å²) in [5, 5.41) is 0.221. The van der Waals surface area contributed by atoms with Crippen LogP contribution in [-0.2, 0) is 54.3 Å². The van der Waals surface area contributed by atoms with Gasteiger partial charge in [0.1, 0.15) is 36.4 Å². The number of hydrogen-bond acceptors (Lipinski definition) is 16. The van der Waals surface area contributed by atoms with E-state index >= 15 is 0 Å². The zero-order chi connectivity index (χ0) is 35.8. The molecule has 2 heterocycles. The van der Waals surface area contributed by atoms with Crippen molar-refractivity contribution in [2.24, 2.45) is 0 Å². The molecule has 5 atom stereocenters. The Morgan fingerprint density at radius 1 is 0.714 bits per heavy atom. The van der Waals surface area contributed by atoms with E-state index in [4.69, 9.17) is 47.0 Å². The van der Waals surface area contributed by atoms with Crippen LogP contribution < -0.4 is 24.6 Å². The highest BCUT2D eigenvalue weighted by atomic mass is 16.7. The van der Waals surface area contributed by atoms with Gasteiger partial charge in [0, 0.05) is 40.7 Å². The van der Waals surface area contributed by atoms with Gasteiger partial charge in [0.2, 0.25) is 12.4 Å². The zero-order valence-corrected chi connectivity index (χ0v) is 27.4. The molecule has 4 rings (SSSR count). The number of hydrogen-bond donors (Lipinski definition) is 0. The van der Waals surface area contributed by atoms with Gasteiger partial charge in [-0.1, -0.05) is 12.1 Å². The number of methoxy groups -OCH3 is 1. The van der Waals surface area contributed by atoms with E-state index in [1.54, 1.807) is 24.3 Å². The van der Waals surface area contributed by atoms with Crippen LogP contribution in [-0.4, -0.2) is 74.3 Å². The second-order valence-electron chi connectivity index (χ2n) is 10.6. The molecule has 1 aromatic heterocycles. The van der Waals surface area contributed by atoms with Crippen molar-refractivity contribution in [3.8, 4) is 23.0 Å². The first-order valence-corrected chi connectivity index (χ1v) is 14.8. The molecule has 1 fully saturated rings. The molecular formula is C33H34O16. The molecule has 16 nitrogen and oxygen atoms in total. The van der Waals surface area contributed by atoms with Gasteiger partial charge in [-0.2, -0.15) is 0 Å². The van der Waals surface area contributed by atoms with Crippen molar-refractivity contribution in [3.05, 3.63) is 58.4 Å². The van der Waals surface area contributed by atoms with E-state index in [1.165, 1.54) is 25.3 Å². The Morgan fingerprint density at radius 2 is 1.33 bits per heavy atom. The first-order valence-electron chi connectivity index (χ1n) is 14.8. The Morgan fingerprint density at radius 3 is 1.92 bits per heavy atom. The first-order chi connectivity index (χ1) is 23.2. The zero-order valence-electron chi connectivity index (χ0n) is 27.4. The standard InChI is InChI=1S/C33H34O16/c1-16(34)41-15-26-28(43-17(2)35)29(44-18(3)36)31(46-20(5)38)33(49-26)47-23-11-12-24-25(13-23)48-32(39)30(45-19(4)37)27(24)42-14-21-7-9-22(40-6)10-8-21/h7-13,26,28-29,31,33H,14-15H2,1-6H3/t26-,28-,29+,31+,33+/m1/s1. The summed E-state index contributed by atoms with van der Waals surface area (Å²) < 4.78 is 55.0. The minimum Gasteiger partial charge on any atom is -0.497 e. The van der Waals surface area contributed by atoms with Crippen LogP contribution in [0.1, 0.15) is 40.2 Å². The van der Waals surface area contributed by atoms with E-state index in [2.05, 4.69) is 0 Å². The molecule has 3 aromatic rings. The molecule has 0 radical (unpaired) electrons. The summed E-state index contributed by atoms with van der Waals surface area (Å²) in [7, 11) is 1.53. The highest BCUT2D eigenvalue weighted by Gasteiger charge is 2.53. The Hall–Kier alpha value is -5.64. The van der Waals surface area contributed by atoms with Gasteiger partial charge in [0.15, 0.2) is 18.0 Å². The fraction of sp³-hybridized carbons (Fsp3) is 0.394. The molecule has 0 aliphatic carbocycles. The van der Waals surface area contributed by atoms with Crippen LogP contribution in [0.5, 0.6) is 23.0 Å². The summed E-state index contributed by atoms with van der Waals surface area (Å²) in [5.41, 5.74) is -0.384. The number of benzene rings is 2. The number of carbonyl (C=O) groups is 5. The lowest BCUT2D eigenvalue weighted by Gasteiger charge is -2.43. The van der Waals surface area contributed by atoms with Gasteiger partial charge in [-0.15, -0.1) is 0 Å². The molecule has 16 heteroatoms. The number of ether oxygens (including phenoxy) is 9. The van der Waals surface area contributed by atoms with Crippen molar-refractivity contribution in [1.82, 2.24) is 0 Å². The topological polar surface area (TPSA) is 199 Å². The lowest BCUT2D eigenvalue weighted by Crippen LogP contribution is -2.63. The van der Waals surface area contributed by atoms with Crippen molar-refractivity contribution in [2.45, 2.75) is 71.9 Å². The Balaban J connectivity index is 1.73. The monoisotopic (exact) mass is 686 g/mol. The molecule has 2 aromatic carbocycles. The maximum absolute atomic E-state index is 13.0. The van der Waals surface area contributed by atoms with Gasteiger partial charge >= 0.3 is 35.5 Å². The van der Waals surface area contributed by atoms with Gasteiger partial charge in [-0.05, 0) is 29.8 Å². The highest BCUT2D eigenvalue weighted by Crippen LogP contribution is 2.37. The molecule has 1 aliphatic heterocycles. The van der Waals surface area contributed by atoms with Crippen LogP contribution in [0, 0.1) is 0 Å². The molecule has 262 valence electrons. The highest BCUT2D eigenvalue weighted by molar-refractivity contribution is 5.87. The van der Waals surface area contributed by atoms with Crippen molar-refractivity contribution in [1.29, 1.82) is 0 Å². The number of esters is 5. The molecule has 0 unspecified atom stereocenters. The quantitative estimate of drug-likeness (QED) is 0.153. The molecule has 0 spiro atoms. The lowest BCUT2D eigenvalue weighted by atomic mass is 9.98. The van der Waals surface area contributed by atoms with Crippen molar-refractivity contribution in [2.75, 3.05) is 13.7 Å². The Kier molecular flexibility index (Phi) is 11.8. The van der Waals surface area contributed by atoms with E-state index in [-0.39, 0.29) is 29.1 Å². The molecule has 0 N–H and O–H groups in total. The van der Waals surface area contributed by atoms with Gasteiger partial charge in [0.05, 0.1) is 12.5 Å². The van der Waals surface area contributed by atoms with E-state index in [0.717, 1.165) is 34.6 Å². The predicted octanol–water partition coefficient (Wildman–Crippen LogP) is 2.77. The van der Waals surface area contributed by atoms with Crippen LogP contribution in [0.25, 0.3) is 11.0 Å². The van der Waals surface area contributed by atoms with Gasteiger partial charge < -0.3 is 47.0 Å². The maximum Gasteiger partial charge on any atom is 0.383 e. The van der Waals surface area contributed by atoms with E-state index in [1.807, 2.05) is 0 Å². The van der Waals surface area contributed by atoms with Gasteiger partial charge in [-0.25, -0.2) is 4.79 Å². The number of carbonyl (C=O) groups excluding carboxylic acids is 5. The summed E-state index contributed by atoms with van der Waals surface area (Å²) in [6.07, 6.45) is -7.15. The fourth-order valence-electron chi connectivity index (χ4n) is 4.88. The van der Waals surface area contributed by atoms with E-state index < -0.39 is 78.5 Å². The van der Waals surface area contributed by atoms with Crippen LogP contribution in [0.3, 0.4) is 0 Å². The van der Waals surface area contributed by atoms with E-state index in [9.17, 15) is 28.8 Å². The molecule has 0 amide bonds. The molecular weight excluding hydrogens is 652 g/mol. The summed E-state index contributed by atoms with van der Waals surface area (Å²) in [6.45, 7) is 5.05. The third kappa shape index (κ3) is 9.47. The van der Waals surface area contributed by atoms with Crippen LogP contribution in [0.2, 0.25) is 0 Å². The van der Waals surface area contributed by atoms with Crippen LogP contribution in [0.15, 0.2) is 51.7 Å². The summed E-state index contributed by atoms with van der Waals surface area (Å²) in [5.74, 6) is -3.83. The summed E-state index contributed by atoms with van der Waals surface area (Å²) in [6, 6.07) is 11.1. The van der Waals surface area contributed by atoms with Crippen molar-refractivity contribution in [3.63, 3.8) is 0 Å². The Bertz CT molecular complexity index is 1760. The summed E-state index contributed by atoms with van der Waals surface area (Å²) >= 11 is 0. The average molecular weight is 687 g/mol. The SMILES string of the molecule is COc1ccc(COc2c(OC(C)=O)c(=O)oc3cc(O[C@H]4O[C@H](COC(C)=O)[C@@H](OC(C)=O)[C@H](OC(C)=O)[C@@H]4OC(C)=O)ccc23)cc1. The minimum absolute atomic E-state index is 0.00195. The second kappa shape index (κ2) is 16.0. The van der Waals surface area contributed by atoms with Crippen LogP contribution >= 0.6 is 0 Å². The van der Waals surface area contributed by atoms with Gasteiger partial charge in [-0.3, -0.25) is 24.0 Å². The predicted molar refractivity (Wildman–Crippen MR) is 164 cm³/mol.